The Morgan fingerprint density at radius 1 is 0.939 bits per heavy atom. The van der Waals surface area contributed by atoms with Crippen molar-refractivity contribution in [3.05, 3.63) is 94.3 Å². The number of hydrogen-bond acceptors (Lipinski definition) is 5. The Morgan fingerprint density at radius 3 is 2.45 bits per heavy atom. The lowest BCUT2D eigenvalue weighted by Crippen LogP contribution is -2.48. The highest BCUT2D eigenvalue weighted by atomic mass is 35.5. The van der Waals surface area contributed by atoms with Crippen LogP contribution in [0.25, 0.3) is 10.4 Å². The summed E-state index contributed by atoms with van der Waals surface area (Å²) in [6, 6.07) is 20.1. The van der Waals surface area contributed by atoms with Gasteiger partial charge in [0.2, 0.25) is 0 Å². The van der Waals surface area contributed by atoms with Gasteiger partial charge in [0.1, 0.15) is 12.7 Å². The minimum Gasteiger partial charge on any atom is -0.336 e. The first kappa shape index (κ1) is 21.8. The predicted octanol–water partition coefficient (Wildman–Crippen LogP) is 4.67. The van der Waals surface area contributed by atoms with Crippen LogP contribution in [0.4, 0.5) is 0 Å². The van der Waals surface area contributed by atoms with Gasteiger partial charge in [0, 0.05) is 58.6 Å². The van der Waals surface area contributed by atoms with Crippen molar-refractivity contribution in [1.82, 2.24) is 24.6 Å². The molecule has 4 aromatic rings. The summed E-state index contributed by atoms with van der Waals surface area (Å²) in [5, 5.41) is 4.90. The van der Waals surface area contributed by atoms with Gasteiger partial charge in [0.15, 0.2) is 0 Å². The molecule has 0 saturated carbocycles. The molecule has 168 valence electrons. The number of aromatic nitrogens is 3. The van der Waals surface area contributed by atoms with E-state index >= 15 is 0 Å². The van der Waals surface area contributed by atoms with E-state index in [0.717, 1.165) is 54.4 Å². The molecule has 8 heteroatoms. The fraction of sp³-hybridized carbons (Fsp3) is 0.240. The summed E-state index contributed by atoms with van der Waals surface area (Å²) < 4.78 is 1.76. The summed E-state index contributed by atoms with van der Waals surface area (Å²) in [5.74, 6) is 0.0964. The molecule has 0 radical (unpaired) electrons. The number of hydrogen-bond donors (Lipinski definition) is 0. The number of halogens is 1. The van der Waals surface area contributed by atoms with Crippen LogP contribution in [0.2, 0.25) is 5.02 Å². The molecule has 2 aromatic heterocycles. The number of benzene rings is 2. The van der Waals surface area contributed by atoms with Gasteiger partial charge in [-0.2, -0.15) is 5.10 Å². The topological polar surface area (TPSA) is 54.3 Å². The monoisotopic (exact) mass is 477 g/mol. The quantitative estimate of drug-likeness (QED) is 0.405. The molecule has 0 aliphatic carbocycles. The van der Waals surface area contributed by atoms with Crippen LogP contribution in [0.5, 0.6) is 0 Å². The lowest BCUT2D eigenvalue weighted by molar-refractivity contribution is 0.0629. The number of carbonyl (C=O) groups is 1. The highest BCUT2D eigenvalue weighted by molar-refractivity contribution is 7.15. The minimum absolute atomic E-state index is 0.0964. The van der Waals surface area contributed by atoms with Crippen LogP contribution in [0.15, 0.2) is 73.3 Å². The Kier molecular flexibility index (Phi) is 6.53. The van der Waals surface area contributed by atoms with Gasteiger partial charge in [-0.1, -0.05) is 41.9 Å². The summed E-state index contributed by atoms with van der Waals surface area (Å²) in [7, 11) is 0. The molecule has 1 saturated heterocycles. The smallest absolute Gasteiger partial charge is 0.253 e. The van der Waals surface area contributed by atoms with Gasteiger partial charge in [0.05, 0.1) is 6.54 Å². The van der Waals surface area contributed by atoms with Crippen LogP contribution in [-0.4, -0.2) is 56.7 Å². The van der Waals surface area contributed by atoms with E-state index in [-0.39, 0.29) is 5.91 Å². The van der Waals surface area contributed by atoms with E-state index in [4.69, 9.17) is 11.6 Å². The van der Waals surface area contributed by atoms with E-state index in [1.165, 1.54) is 16.1 Å². The number of amides is 1. The van der Waals surface area contributed by atoms with Crippen LogP contribution >= 0.6 is 22.9 Å². The minimum atomic E-state index is 0.0964. The first-order valence-electron chi connectivity index (χ1n) is 10.9. The van der Waals surface area contributed by atoms with E-state index < -0.39 is 0 Å². The zero-order chi connectivity index (χ0) is 22.6. The molecule has 2 aromatic carbocycles. The maximum absolute atomic E-state index is 13.0. The van der Waals surface area contributed by atoms with Gasteiger partial charge in [-0.25, -0.2) is 9.67 Å². The first-order chi connectivity index (χ1) is 16.2. The second-order valence-corrected chi connectivity index (χ2v) is 9.68. The second-order valence-electron chi connectivity index (χ2n) is 8.10. The molecule has 0 bridgehead atoms. The van der Waals surface area contributed by atoms with Crippen molar-refractivity contribution < 1.29 is 4.79 Å². The summed E-state index contributed by atoms with van der Waals surface area (Å²) in [6.07, 6.45) is 3.21. The predicted molar refractivity (Wildman–Crippen MR) is 132 cm³/mol. The average molecular weight is 478 g/mol. The van der Waals surface area contributed by atoms with Gasteiger partial charge in [-0.3, -0.25) is 9.69 Å². The van der Waals surface area contributed by atoms with E-state index in [1.807, 2.05) is 47.4 Å². The zero-order valence-electron chi connectivity index (χ0n) is 18.1. The molecule has 1 aliphatic heterocycles. The number of rotatable bonds is 6. The highest BCUT2D eigenvalue weighted by Crippen LogP contribution is 2.33. The Morgan fingerprint density at radius 2 is 1.73 bits per heavy atom. The fourth-order valence-electron chi connectivity index (χ4n) is 4.03. The molecule has 5 rings (SSSR count). The first-order valence-corrected chi connectivity index (χ1v) is 12.1. The Hall–Kier alpha value is -3.00. The molecule has 1 fully saturated rings. The van der Waals surface area contributed by atoms with Gasteiger partial charge in [0.25, 0.3) is 5.91 Å². The van der Waals surface area contributed by atoms with Crippen molar-refractivity contribution >= 4 is 28.8 Å². The van der Waals surface area contributed by atoms with Crippen LogP contribution in [-0.2, 0) is 13.1 Å². The largest absolute Gasteiger partial charge is 0.336 e. The lowest BCUT2D eigenvalue weighted by Gasteiger charge is -2.34. The molecule has 1 amide bonds. The highest BCUT2D eigenvalue weighted by Gasteiger charge is 2.22. The Bertz CT molecular complexity index is 1210. The molecular formula is C25H24ClN5OS. The molecule has 0 spiro atoms. The molecule has 1 aliphatic rings. The third-order valence-electron chi connectivity index (χ3n) is 5.85. The number of piperazine rings is 1. The van der Waals surface area contributed by atoms with E-state index in [2.05, 4.69) is 33.2 Å². The zero-order valence-corrected chi connectivity index (χ0v) is 19.7. The Labute approximate surface area is 202 Å². The lowest BCUT2D eigenvalue weighted by atomic mass is 10.1. The summed E-state index contributed by atoms with van der Waals surface area (Å²) >= 11 is 8.13. The van der Waals surface area contributed by atoms with Gasteiger partial charge in [-0.05, 0) is 35.9 Å². The van der Waals surface area contributed by atoms with E-state index in [0.29, 0.717) is 6.54 Å². The summed E-state index contributed by atoms with van der Waals surface area (Å²) in [4.78, 5) is 23.8. The SMILES string of the molecule is O=C(c1ccc(Cn2cncn2)cc1)N1CCN(Cc2ccc(-c3ccccc3Cl)s2)CC1. The maximum Gasteiger partial charge on any atom is 0.253 e. The number of nitrogens with zero attached hydrogens (tertiary/aromatic N) is 5. The van der Waals surface area contributed by atoms with Crippen molar-refractivity contribution in [2.75, 3.05) is 26.2 Å². The van der Waals surface area contributed by atoms with Crippen molar-refractivity contribution in [2.24, 2.45) is 0 Å². The van der Waals surface area contributed by atoms with Crippen LogP contribution in [0, 0.1) is 0 Å². The number of thiophene rings is 1. The molecule has 0 atom stereocenters. The van der Waals surface area contributed by atoms with Crippen molar-refractivity contribution in [3.8, 4) is 10.4 Å². The van der Waals surface area contributed by atoms with Gasteiger partial charge >= 0.3 is 0 Å². The van der Waals surface area contributed by atoms with Crippen molar-refractivity contribution in [1.29, 1.82) is 0 Å². The third kappa shape index (κ3) is 5.16. The van der Waals surface area contributed by atoms with E-state index in [1.54, 1.807) is 22.3 Å². The third-order valence-corrected chi connectivity index (χ3v) is 7.28. The summed E-state index contributed by atoms with van der Waals surface area (Å²) in [6.45, 7) is 4.76. The second kappa shape index (κ2) is 9.87. The van der Waals surface area contributed by atoms with E-state index in [9.17, 15) is 4.79 Å². The molecule has 6 nitrogen and oxygen atoms in total. The molecule has 0 N–H and O–H groups in total. The van der Waals surface area contributed by atoms with Crippen LogP contribution < -0.4 is 0 Å². The summed E-state index contributed by atoms with van der Waals surface area (Å²) in [5.41, 5.74) is 2.90. The molecule has 3 heterocycles. The van der Waals surface area contributed by atoms with Gasteiger partial charge in [-0.15, -0.1) is 11.3 Å². The molecular weight excluding hydrogens is 454 g/mol. The van der Waals surface area contributed by atoms with Crippen LogP contribution in [0.1, 0.15) is 20.8 Å². The molecule has 33 heavy (non-hydrogen) atoms. The van der Waals surface area contributed by atoms with Crippen molar-refractivity contribution in [2.45, 2.75) is 13.1 Å². The fourth-order valence-corrected chi connectivity index (χ4v) is 5.42. The maximum atomic E-state index is 13.0. The normalized spacial score (nSPS) is 14.5. The van der Waals surface area contributed by atoms with Gasteiger partial charge < -0.3 is 4.90 Å². The molecule has 0 unspecified atom stereocenters. The van der Waals surface area contributed by atoms with Crippen molar-refractivity contribution in [3.63, 3.8) is 0 Å². The average Bonchev–Trinajstić information content (AvgIpc) is 3.52. The van der Waals surface area contributed by atoms with Crippen LogP contribution in [0.3, 0.4) is 0 Å². The standard InChI is InChI=1S/C25H24ClN5OS/c26-23-4-2-1-3-22(23)24-10-9-21(33-24)16-29-11-13-30(14-12-29)25(32)20-7-5-19(6-8-20)15-31-18-27-17-28-31/h1-10,17-18H,11-16H2. The Balaban J connectivity index is 1.14. The number of carbonyl (C=O) groups excluding carboxylic acids is 1.